The molecule has 1 atom stereocenters. The van der Waals surface area contributed by atoms with Gasteiger partial charge in [0.05, 0.1) is 4.83 Å². The molecule has 0 spiro atoms. The highest BCUT2D eigenvalue weighted by molar-refractivity contribution is 9.11. The number of rotatable bonds is 2. The first kappa shape index (κ1) is 13.8. The van der Waals surface area contributed by atoms with Crippen LogP contribution in [-0.2, 0) is 0 Å². The highest BCUT2D eigenvalue weighted by Gasteiger charge is 2.14. The molecular weight excluding hydrogens is 359 g/mol. The fraction of sp³-hybridized carbons (Fsp3) is 0.200. The first-order valence-corrected chi connectivity index (χ1v) is 7.36. The molecule has 1 unspecified atom stereocenters. The van der Waals surface area contributed by atoms with Gasteiger partial charge in [0.25, 0.3) is 0 Å². The van der Waals surface area contributed by atoms with Crippen molar-refractivity contribution in [3.8, 4) is 0 Å². The maximum absolute atomic E-state index is 13.3. The third-order valence-electron chi connectivity index (χ3n) is 3.05. The Balaban J connectivity index is 2.44. The summed E-state index contributed by atoms with van der Waals surface area (Å²) in [7, 11) is 0. The van der Waals surface area contributed by atoms with Gasteiger partial charge in [0.2, 0.25) is 0 Å². The monoisotopic (exact) mass is 370 g/mol. The van der Waals surface area contributed by atoms with E-state index in [4.69, 9.17) is 0 Å². The maximum Gasteiger partial charge on any atom is 0.123 e. The van der Waals surface area contributed by atoms with E-state index in [1.807, 2.05) is 0 Å². The lowest BCUT2D eigenvalue weighted by atomic mass is 10.0. The number of halogens is 3. The molecule has 2 rings (SSSR count). The predicted molar refractivity (Wildman–Crippen MR) is 80.8 cm³/mol. The molecule has 18 heavy (non-hydrogen) atoms. The van der Waals surface area contributed by atoms with Crippen molar-refractivity contribution in [1.82, 2.24) is 0 Å². The van der Waals surface area contributed by atoms with Gasteiger partial charge in [-0.25, -0.2) is 4.39 Å². The van der Waals surface area contributed by atoms with Crippen LogP contribution in [0.15, 0.2) is 40.9 Å². The molecule has 0 nitrogen and oxygen atoms in total. The number of hydrogen-bond donors (Lipinski definition) is 0. The summed E-state index contributed by atoms with van der Waals surface area (Å²) in [6.45, 7) is 4.17. The van der Waals surface area contributed by atoms with Crippen LogP contribution in [0, 0.1) is 19.7 Å². The lowest BCUT2D eigenvalue weighted by Gasteiger charge is -2.14. The van der Waals surface area contributed by atoms with Gasteiger partial charge in [-0.1, -0.05) is 50.1 Å². The molecule has 94 valence electrons. The lowest BCUT2D eigenvalue weighted by molar-refractivity contribution is 0.625. The summed E-state index contributed by atoms with van der Waals surface area (Å²) in [5.41, 5.74) is 4.53. The second-order valence-electron chi connectivity index (χ2n) is 4.37. The fourth-order valence-electron chi connectivity index (χ4n) is 1.81. The summed E-state index contributed by atoms with van der Waals surface area (Å²) in [6, 6.07) is 11.0. The normalized spacial score (nSPS) is 12.5. The molecule has 0 fully saturated rings. The molecule has 0 aliphatic carbocycles. The Hall–Kier alpha value is -0.670. The predicted octanol–water partition coefficient (Wildman–Crippen LogP) is 5.69. The van der Waals surface area contributed by atoms with Gasteiger partial charge in [-0.15, -0.1) is 0 Å². The molecule has 0 aliphatic rings. The maximum atomic E-state index is 13.3. The molecule has 0 amide bonds. The molecule has 2 aromatic carbocycles. The van der Waals surface area contributed by atoms with E-state index in [1.54, 1.807) is 12.1 Å². The Morgan fingerprint density at radius 3 is 2.39 bits per heavy atom. The van der Waals surface area contributed by atoms with Crippen molar-refractivity contribution in [2.45, 2.75) is 18.7 Å². The van der Waals surface area contributed by atoms with Gasteiger partial charge in [0, 0.05) is 4.47 Å². The van der Waals surface area contributed by atoms with E-state index in [-0.39, 0.29) is 10.6 Å². The zero-order valence-corrected chi connectivity index (χ0v) is 13.3. The van der Waals surface area contributed by atoms with E-state index in [0.29, 0.717) is 0 Å². The van der Waals surface area contributed by atoms with Crippen LogP contribution in [0.4, 0.5) is 4.39 Å². The molecule has 0 heterocycles. The van der Waals surface area contributed by atoms with Crippen LogP contribution < -0.4 is 0 Å². The Bertz CT molecular complexity index is 579. The molecule has 0 aromatic heterocycles. The van der Waals surface area contributed by atoms with Crippen LogP contribution in [0.1, 0.15) is 27.1 Å². The first-order chi connectivity index (χ1) is 8.49. The van der Waals surface area contributed by atoms with E-state index in [0.717, 1.165) is 15.6 Å². The van der Waals surface area contributed by atoms with Crippen LogP contribution in [0.2, 0.25) is 0 Å². The topological polar surface area (TPSA) is 0 Å². The van der Waals surface area contributed by atoms with Gasteiger partial charge in [-0.2, -0.15) is 0 Å². The van der Waals surface area contributed by atoms with Crippen molar-refractivity contribution in [2.75, 3.05) is 0 Å². The highest BCUT2D eigenvalue weighted by atomic mass is 79.9. The number of hydrogen-bond acceptors (Lipinski definition) is 0. The van der Waals surface area contributed by atoms with E-state index in [2.05, 4.69) is 63.9 Å². The minimum absolute atomic E-state index is 0.0122. The summed E-state index contributed by atoms with van der Waals surface area (Å²) in [5.74, 6) is -0.221. The smallest absolute Gasteiger partial charge is 0.123 e. The van der Waals surface area contributed by atoms with Crippen LogP contribution in [0.25, 0.3) is 0 Å². The van der Waals surface area contributed by atoms with Crippen LogP contribution in [0.5, 0.6) is 0 Å². The van der Waals surface area contributed by atoms with E-state index in [1.165, 1.54) is 17.2 Å². The van der Waals surface area contributed by atoms with Crippen LogP contribution >= 0.6 is 31.9 Å². The molecule has 3 heteroatoms. The minimum atomic E-state index is -0.221. The van der Waals surface area contributed by atoms with Gasteiger partial charge in [-0.05, 0) is 54.3 Å². The summed E-state index contributed by atoms with van der Waals surface area (Å²) in [4.78, 5) is -0.0122. The van der Waals surface area contributed by atoms with Crippen LogP contribution in [-0.4, -0.2) is 0 Å². The molecule has 0 saturated carbocycles. The summed E-state index contributed by atoms with van der Waals surface area (Å²) >= 11 is 7.11. The SMILES string of the molecule is Cc1ccc(C(Br)c2cc(F)ccc2Br)cc1C. The summed E-state index contributed by atoms with van der Waals surface area (Å²) in [5, 5.41) is 0. The lowest BCUT2D eigenvalue weighted by Crippen LogP contribution is -1.96. The van der Waals surface area contributed by atoms with Crippen molar-refractivity contribution >= 4 is 31.9 Å². The average Bonchev–Trinajstić information content (AvgIpc) is 2.35. The van der Waals surface area contributed by atoms with Crippen molar-refractivity contribution in [2.24, 2.45) is 0 Å². The Labute approximate surface area is 123 Å². The number of benzene rings is 2. The van der Waals surface area contributed by atoms with E-state index < -0.39 is 0 Å². The zero-order valence-electron chi connectivity index (χ0n) is 10.2. The molecular formula is C15H13Br2F. The largest absolute Gasteiger partial charge is 0.207 e. The third-order valence-corrected chi connectivity index (χ3v) is 4.80. The van der Waals surface area contributed by atoms with Gasteiger partial charge in [0.15, 0.2) is 0 Å². The van der Waals surface area contributed by atoms with Crippen molar-refractivity contribution in [1.29, 1.82) is 0 Å². The highest BCUT2D eigenvalue weighted by Crippen LogP contribution is 2.36. The number of aryl methyl sites for hydroxylation is 2. The van der Waals surface area contributed by atoms with Crippen molar-refractivity contribution in [3.05, 3.63) is 68.9 Å². The third kappa shape index (κ3) is 2.83. The van der Waals surface area contributed by atoms with Crippen molar-refractivity contribution < 1.29 is 4.39 Å². The average molecular weight is 372 g/mol. The Morgan fingerprint density at radius 1 is 1.00 bits per heavy atom. The number of alkyl halides is 1. The minimum Gasteiger partial charge on any atom is -0.207 e. The molecule has 0 aliphatic heterocycles. The molecule has 0 bridgehead atoms. The molecule has 0 radical (unpaired) electrons. The first-order valence-electron chi connectivity index (χ1n) is 5.65. The van der Waals surface area contributed by atoms with Gasteiger partial charge < -0.3 is 0 Å². The van der Waals surface area contributed by atoms with Gasteiger partial charge in [-0.3, -0.25) is 0 Å². The second-order valence-corrected chi connectivity index (χ2v) is 6.14. The summed E-state index contributed by atoms with van der Waals surface area (Å²) < 4.78 is 14.2. The molecule has 0 N–H and O–H groups in total. The zero-order chi connectivity index (χ0) is 13.3. The Morgan fingerprint density at radius 2 is 1.72 bits per heavy atom. The van der Waals surface area contributed by atoms with Gasteiger partial charge >= 0.3 is 0 Å². The van der Waals surface area contributed by atoms with E-state index in [9.17, 15) is 4.39 Å². The van der Waals surface area contributed by atoms with Gasteiger partial charge in [0.1, 0.15) is 5.82 Å². The summed E-state index contributed by atoms with van der Waals surface area (Å²) in [6.07, 6.45) is 0. The Kier molecular flexibility index (Phi) is 4.23. The van der Waals surface area contributed by atoms with E-state index >= 15 is 0 Å². The van der Waals surface area contributed by atoms with Crippen LogP contribution in [0.3, 0.4) is 0 Å². The quantitative estimate of drug-likeness (QED) is 0.595. The standard InChI is InChI=1S/C15H13Br2F/c1-9-3-4-11(7-10(9)2)15(17)13-8-12(18)5-6-14(13)16/h3-8,15H,1-2H3. The molecule has 2 aromatic rings. The fourth-order valence-corrected chi connectivity index (χ4v) is 3.26. The molecule has 0 saturated heterocycles. The second kappa shape index (κ2) is 5.54. The van der Waals surface area contributed by atoms with Crippen molar-refractivity contribution in [3.63, 3.8) is 0 Å².